The van der Waals surface area contributed by atoms with Gasteiger partial charge in [0.05, 0.1) is 19.2 Å². The Kier molecular flexibility index (Phi) is 3.64. The van der Waals surface area contributed by atoms with Crippen LogP contribution in [0, 0.1) is 0 Å². The van der Waals surface area contributed by atoms with Crippen molar-refractivity contribution < 1.29 is 19.0 Å². The first-order valence-electron chi connectivity index (χ1n) is 6.58. The zero-order valence-corrected chi connectivity index (χ0v) is 11.6. The Labute approximate surface area is 122 Å². The number of hydrogen-bond donors (Lipinski definition) is 1. The van der Waals surface area contributed by atoms with Gasteiger partial charge in [-0.2, -0.15) is 0 Å². The van der Waals surface area contributed by atoms with Crippen LogP contribution in [0.4, 0.5) is 5.69 Å². The first-order chi connectivity index (χ1) is 10.3. The van der Waals surface area contributed by atoms with Crippen LogP contribution in [0.15, 0.2) is 42.5 Å². The van der Waals surface area contributed by atoms with E-state index in [0.717, 1.165) is 5.56 Å². The first-order valence-corrected chi connectivity index (χ1v) is 6.58. The van der Waals surface area contributed by atoms with Gasteiger partial charge in [-0.15, -0.1) is 0 Å². The maximum atomic E-state index is 12.2. The summed E-state index contributed by atoms with van der Waals surface area (Å²) in [7, 11) is 1.57. The minimum Gasteiger partial charge on any atom is -0.495 e. The number of anilines is 1. The fourth-order valence-corrected chi connectivity index (χ4v) is 2.25. The lowest BCUT2D eigenvalue weighted by atomic mass is 10.1. The monoisotopic (exact) mass is 285 g/mol. The highest BCUT2D eigenvalue weighted by molar-refractivity contribution is 5.94. The van der Waals surface area contributed by atoms with Crippen LogP contribution in [0.3, 0.4) is 0 Å². The number of benzene rings is 2. The van der Waals surface area contributed by atoms with Gasteiger partial charge in [0.15, 0.2) is 11.5 Å². The lowest BCUT2D eigenvalue weighted by Crippen LogP contribution is -2.15. The number of carbonyl (C=O) groups is 1. The van der Waals surface area contributed by atoms with Crippen molar-refractivity contribution in [1.82, 2.24) is 0 Å². The topological polar surface area (TPSA) is 56.8 Å². The van der Waals surface area contributed by atoms with Gasteiger partial charge in [0, 0.05) is 5.56 Å². The summed E-state index contributed by atoms with van der Waals surface area (Å²) in [5, 5.41) is 2.84. The Balaban J connectivity index is 1.74. The molecular formula is C16H15NO4. The second kappa shape index (κ2) is 5.75. The molecule has 21 heavy (non-hydrogen) atoms. The Morgan fingerprint density at radius 2 is 2.05 bits per heavy atom. The Bertz CT molecular complexity index is 669. The molecule has 0 saturated carbocycles. The van der Waals surface area contributed by atoms with E-state index < -0.39 is 0 Å². The molecule has 1 aliphatic heterocycles. The normalized spacial score (nSPS) is 12.0. The fourth-order valence-electron chi connectivity index (χ4n) is 2.25. The lowest BCUT2D eigenvalue weighted by molar-refractivity contribution is -0.115. The van der Waals surface area contributed by atoms with Gasteiger partial charge in [-0.25, -0.2) is 0 Å². The summed E-state index contributed by atoms with van der Waals surface area (Å²) in [4.78, 5) is 12.2. The van der Waals surface area contributed by atoms with E-state index in [1.165, 1.54) is 0 Å². The number of rotatable bonds is 4. The number of methoxy groups -OCH3 is 1. The molecule has 0 fully saturated rings. The lowest BCUT2D eigenvalue weighted by Gasteiger charge is -2.10. The SMILES string of the molecule is COc1ccccc1NC(=O)Cc1cccc2c1OCO2. The molecule has 5 heteroatoms. The minimum absolute atomic E-state index is 0.136. The molecule has 2 aromatic rings. The molecule has 0 aromatic heterocycles. The van der Waals surface area contributed by atoms with E-state index in [0.29, 0.717) is 22.9 Å². The fraction of sp³-hybridized carbons (Fsp3) is 0.188. The number of nitrogens with one attached hydrogen (secondary N) is 1. The summed E-state index contributed by atoms with van der Waals surface area (Å²) in [6.45, 7) is 0.195. The Morgan fingerprint density at radius 3 is 2.90 bits per heavy atom. The maximum Gasteiger partial charge on any atom is 0.231 e. The molecule has 0 atom stereocenters. The van der Waals surface area contributed by atoms with Gasteiger partial charge in [-0.1, -0.05) is 24.3 Å². The van der Waals surface area contributed by atoms with Gasteiger partial charge < -0.3 is 19.5 Å². The van der Waals surface area contributed by atoms with Crippen LogP contribution in [0.5, 0.6) is 17.2 Å². The van der Waals surface area contributed by atoms with Crippen molar-refractivity contribution in [3.05, 3.63) is 48.0 Å². The van der Waals surface area contributed by atoms with Gasteiger partial charge in [0.1, 0.15) is 5.75 Å². The summed E-state index contributed by atoms with van der Waals surface area (Å²) >= 11 is 0. The zero-order chi connectivity index (χ0) is 14.7. The Hall–Kier alpha value is -2.69. The number of amides is 1. The van der Waals surface area contributed by atoms with Crippen molar-refractivity contribution in [2.75, 3.05) is 19.2 Å². The smallest absolute Gasteiger partial charge is 0.231 e. The number of hydrogen-bond acceptors (Lipinski definition) is 4. The summed E-state index contributed by atoms with van der Waals surface area (Å²) in [6.07, 6.45) is 0.213. The highest BCUT2D eigenvalue weighted by Crippen LogP contribution is 2.35. The predicted octanol–water partition coefficient (Wildman–Crippen LogP) is 2.61. The van der Waals surface area contributed by atoms with Crippen LogP contribution in [0.1, 0.15) is 5.56 Å². The third kappa shape index (κ3) is 2.76. The molecule has 0 aliphatic carbocycles. The zero-order valence-electron chi connectivity index (χ0n) is 11.6. The third-order valence-corrected chi connectivity index (χ3v) is 3.21. The third-order valence-electron chi connectivity index (χ3n) is 3.21. The molecule has 0 spiro atoms. The van der Waals surface area contributed by atoms with Crippen LogP contribution < -0.4 is 19.5 Å². The van der Waals surface area contributed by atoms with Crippen molar-refractivity contribution in [3.8, 4) is 17.2 Å². The molecule has 2 aromatic carbocycles. The molecule has 1 amide bonds. The summed E-state index contributed by atoms with van der Waals surface area (Å²) in [6, 6.07) is 12.8. The number of carbonyl (C=O) groups excluding carboxylic acids is 1. The predicted molar refractivity (Wildman–Crippen MR) is 77.9 cm³/mol. The quantitative estimate of drug-likeness (QED) is 0.938. The van der Waals surface area contributed by atoms with Crippen molar-refractivity contribution in [3.63, 3.8) is 0 Å². The van der Waals surface area contributed by atoms with E-state index in [1.54, 1.807) is 19.2 Å². The average molecular weight is 285 g/mol. The van der Waals surface area contributed by atoms with Crippen molar-refractivity contribution in [2.45, 2.75) is 6.42 Å². The molecule has 1 aliphatic rings. The summed E-state index contributed by atoms with van der Waals surface area (Å²) < 4.78 is 15.9. The van der Waals surface area contributed by atoms with Gasteiger partial charge >= 0.3 is 0 Å². The van der Waals surface area contributed by atoms with Crippen molar-refractivity contribution in [1.29, 1.82) is 0 Å². The number of fused-ring (bicyclic) bond motifs is 1. The van der Waals surface area contributed by atoms with Gasteiger partial charge in [0.2, 0.25) is 12.7 Å². The van der Waals surface area contributed by atoms with Gasteiger partial charge in [-0.3, -0.25) is 4.79 Å². The van der Waals surface area contributed by atoms with Crippen LogP contribution in [-0.4, -0.2) is 19.8 Å². The van der Waals surface area contributed by atoms with Crippen LogP contribution >= 0.6 is 0 Å². The molecule has 1 heterocycles. The van der Waals surface area contributed by atoms with E-state index in [1.807, 2.05) is 30.3 Å². The number of ether oxygens (including phenoxy) is 3. The minimum atomic E-state index is -0.136. The first kappa shape index (κ1) is 13.3. The Morgan fingerprint density at radius 1 is 1.19 bits per heavy atom. The molecule has 3 rings (SSSR count). The molecule has 108 valence electrons. The second-order valence-corrected chi connectivity index (χ2v) is 4.58. The van der Waals surface area contributed by atoms with Crippen LogP contribution in [0.25, 0.3) is 0 Å². The molecular weight excluding hydrogens is 270 g/mol. The summed E-state index contributed by atoms with van der Waals surface area (Å²) in [5.74, 6) is 1.82. The van der Waals surface area contributed by atoms with Crippen molar-refractivity contribution >= 4 is 11.6 Å². The molecule has 0 saturated heterocycles. The largest absolute Gasteiger partial charge is 0.495 e. The van der Waals surface area contributed by atoms with Gasteiger partial charge in [0.25, 0.3) is 0 Å². The van der Waals surface area contributed by atoms with Crippen LogP contribution in [-0.2, 0) is 11.2 Å². The van der Waals surface area contributed by atoms with E-state index in [2.05, 4.69) is 5.32 Å². The van der Waals surface area contributed by atoms with Gasteiger partial charge in [-0.05, 0) is 18.2 Å². The maximum absolute atomic E-state index is 12.2. The molecule has 0 unspecified atom stereocenters. The van der Waals surface area contributed by atoms with Crippen LogP contribution in [0.2, 0.25) is 0 Å². The molecule has 0 radical (unpaired) electrons. The number of para-hydroxylation sites is 3. The van der Waals surface area contributed by atoms with E-state index >= 15 is 0 Å². The molecule has 5 nitrogen and oxygen atoms in total. The highest BCUT2D eigenvalue weighted by atomic mass is 16.7. The van der Waals surface area contributed by atoms with E-state index in [-0.39, 0.29) is 19.1 Å². The van der Waals surface area contributed by atoms with Crippen molar-refractivity contribution in [2.24, 2.45) is 0 Å². The standard InChI is InChI=1S/C16H15NO4/c1-19-13-7-3-2-6-12(13)17-15(18)9-11-5-4-8-14-16(11)21-10-20-14/h2-8H,9-10H2,1H3,(H,17,18). The highest BCUT2D eigenvalue weighted by Gasteiger charge is 2.19. The average Bonchev–Trinajstić information content (AvgIpc) is 2.97. The second-order valence-electron chi connectivity index (χ2n) is 4.58. The summed E-state index contributed by atoms with van der Waals surface area (Å²) in [5.41, 5.74) is 1.45. The molecule has 1 N–H and O–H groups in total. The molecule has 0 bridgehead atoms. The van der Waals surface area contributed by atoms with E-state index in [4.69, 9.17) is 14.2 Å². The van der Waals surface area contributed by atoms with E-state index in [9.17, 15) is 4.79 Å².